The van der Waals surface area contributed by atoms with Crippen molar-refractivity contribution in [2.24, 2.45) is 5.92 Å². The quantitative estimate of drug-likeness (QED) is 0.736. The van der Waals surface area contributed by atoms with E-state index in [0.717, 1.165) is 32.2 Å². The van der Waals surface area contributed by atoms with Gasteiger partial charge in [0, 0.05) is 19.6 Å². The van der Waals surface area contributed by atoms with Crippen LogP contribution in [0, 0.1) is 5.92 Å². The zero-order chi connectivity index (χ0) is 14.3. The van der Waals surface area contributed by atoms with Gasteiger partial charge in [0.2, 0.25) is 5.91 Å². The molecule has 0 aliphatic heterocycles. The van der Waals surface area contributed by atoms with Crippen LogP contribution in [0.15, 0.2) is 0 Å². The molecular weight excluding hydrogens is 244 g/mol. The number of ether oxygens (including phenoxy) is 1. The summed E-state index contributed by atoms with van der Waals surface area (Å²) in [5.74, 6) is -0.00281. The Morgan fingerprint density at radius 2 is 2.05 bits per heavy atom. The van der Waals surface area contributed by atoms with Crippen LogP contribution in [0.1, 0.15) is 39.5 Å². The topological polar surface area (TPSA) is 58.6 Å². The highest BCUT2D eigenvalue weighted by molar-refractivity contribution is 5.78. The summed E-state index contributed by atoms with van der Waals surface area (Å²) < 4.78 is 5.07. The number of nitrogens with one attached hydrogen (secondary N) is 1. The van der Waals surface area contributed by atoms with E-state index >= 15 is 0 Å². The number of rotatable bonds is 6. The largest absolute Gasteiger partial charge is 0.466 e. The molecule has 1 saturated carbocycles. The molecule has 0 saturated heterocycles. The molecule has 0 bridgehead atoms. The summed E-state index contributed by atoms with van der Waals surface area (Å²) in [6.45, 7) is 5.29. The van der Waals surface area contributed by atoms with Crippen molar-refractivity contribution < 1.29 is 14.3 Å². The van der Waals surface area contributed by atoms with Crippen LogP contribution in [0.25, 0.3) is 0 Å². The molecule has 5 nitrogen and oxygen atoms in total. The fourth-order valence-electron chi connectivity index (χ4n) is 2.39. The zero-order valence-electron chi connectivity index (χ0n) is 12.3. The van der Waals surface area contributed by atoms with Crippen molar-refractivity contribution in [2.75, 3.05) is 26.7 Å². The van der Waals surface area contributed by atoms with Crippen LogP contribution in [0.4, 0.5) is 0 Å². The smallest absolute Gasteiger partial charge is 0.308 e. The monoisotopic (exact) mass is 270 g/mol. The van der Waals surface area contributed by atoms with Gasteiger partial charge in [0.25, 0.3) is 0 Å². The lowest BCUT2D eigenvalue weighted by Gasteiger charge is -2.28. The average molecular weight is 270 g/mol. The van der Waals surface area contributed by atoms with Gasteiger partial charge >= 0.3 is 5.97 Å². The first-order chi connectivity index (χ1) is 9.08. The second-order valence-corrected chi connectivity index (χ2v) is 5.10. The van der Waals surface area contributed by atoms with E-state index in [1.807, 2.05) is 13.8 Å². The normalized spacial score (nSPS) is 22.9. The Labute approximate surface area is 115 Å². The Hall–Kier alpha value is -1.10. The third-order valence-electron chi connectivity index (χ3n) is 3.74. The molecule has 2 unspecified atom stereocenters. The van der Waals surface area contributed by atoms with E-state index in [2.05, 4.69) is 5.32 Å². The molecule has 0 aromatic rings. The van der Waals surface area contributed by atoms with Crippen molar-refractivity contribution >= 4 is 11.9 Å². The Morgan fingerprint density at radius 3 is 2.68 bits per heavy atom. The molecule has 0 aromatic carbocycles. The summed E-state index contributed by atoms with van der Waals surface area (Å²) in [4.78, 5) is 25.1. The van der Waals surface area contributed by atoms with Gasteiger partial charge in [0.1, 0.15) is 0 Å². The molecule has 1 fully saturated rings. The molecule has 1 amide bonds. The third kappa shape index (κ3) is 5.19. The van der Waals surface area contributed by atoms with Crippen molar-refractivity contribution in [3.8, 4) is 0 Å². The van der Waals surface area contributed by atoms with Crippen molar-refractivity contribution in [3.05, 3.63) is 0 Å². The number of nitrogens with zero attached hydrogens (tertiary/aromatic N) is 1. The average Bonchev–Trinajstić information content (AvgIpc) is 2.44. The molecule has 0 aromatic heterocycles. The number of carbonyl (C=O) groups excluding carboxylic acids is 2. The van der Waals surface area contributed by atoms with Crippen molar-refractivity contribution in [3.63, 3.8) is 0 Å². The predicted molar refractivity (Wildman–Crippen MR) is 73.7 cm³/mol. The molecule has 5 heteroatoms. The lowest BCUT2D eigenvalue weighted by Crippen LogP contribution is -2.42. The SMILES string of the molecule is CCOC(=O)C1CCCC(NCC(=O)N(C)CC)C1. The first-order valence-electron chi connectivity index (χ1n) is 7.22. The van der Waals surface area contributed by atoms with Gasteiger partial charge in [-0.2, -0.15) is 0 Å². The maximum absolute atomic E-state index is 11.7. The molecule has 0 radical (unpaired) electrons. The zero-order valence-corrected chi connectivity index (χ0v) is 12.3. The summed E-state index contributed by atoms with van der Waals surface area (Å²) in [6, 6.07) is 0.248. The van der Waals surface area contributed by atoms with E-state index < -0.39 is 0 Å². The molecule has 1 aliphatic carbocycles. The minimum Gasteiger partial charge on any atom is -0.466 e. The fraction of sp³-hybridized carbons (Fsp3) is 0.857. The summed E-state index contributed by atoms with van der Waals surface area (Å²) in [5.41, 5.74) is 0. The Morgan fingerprint density at radius 1 is 1.32 bits per heavy atom. The van der Waals surface area contributed by atoms with Gasteiger partial charge in [-0.05, 0) is 33.1 Å². The molecule has 1 aliphatic rings. The van der Waals surface area contributed by atoms with Crippen LogP contribution < -0.4 is 5.32 Å². The second kappa shape index (κ2) is 8.15. The summed E-state index contributed by atoms with van der Waals surface area (Å²) >= 11 is 0. The van der Waals surface area contributed by atoms with Crippen molar-refractivity contribution in [1.29, 1.82) is 0 Å². The Kier molecular flexibility index (Phi) is 6.84. The van der Waals surface area contributed by atoms with Gasteiger partial charge in [-0.15, -0.1) is 0 Å². The minimum absolute atomic E-state index is 0.00907. The van der Waals surface area contributed by atoms with Crippen LogP contribution in [0.3, 0.4) is 0 Å². The lowest BCUT2D eigenvalue weighted by atomic mass is 9.86. The standard InChI is InChI=1S/C14H26N2O3/c1-4-16(3)13(17)10-15-12-8-6-7-11(9-12)14(18)19-5-2/h11-12,15H,4-10H2,1-3H3. The molecule has 110 valence electrons. The van der Waals surface area contributed by atoms with E-state index in [9.17, 15) is 9.59 Å². The van der Waals surface area contributed by atoms with E-state index in [0.29, 0.717) is 13.2 Å². The van der Waals surface area contributed by atoms with Gasteiger partial charge in [0.05, 0.1) is 19.1 Å². The first kappa shape index (κ1) is 16.0. The maximum atomic E-state index is 11.7. The van der Waals surface area contributed by atoms with Crippen LogP contribution in [0.2, 0.25) is 0 Å². The van der Waals surface area contributed by atoms with Gasteiger partial charge in [0.15, 0.2) is 0 Å². The fourth-order valence-corrected chi connectivity index (χ4v) is 2.39. The highest BCUT2D eigenvalue weighted by Gasteiger charge is 2.28. The molecule has 19 heavy (non-hydrogen) atoms. The molecular formula is C14H26N2O3. The number of esters is 1. The predicted octanol–water partition coefficient (Wildman–Crippen LogP) is 1.18. The lowest BCUT2D eigenvalue weighted by molar-refractivity contribution is -0.149. The summed E-state index contributed by atoms with van der Waals surface area (Å²) in [7, 11) is 1.80. The van der Waals surface area contributed by atoms with E-state index in [1.54, 1.807) is 11.9 Å². The molecule has 0 heterocycles. The van der Waals surface area contributed by atoms with Gasteiger partial charge < -0.3 is 15.0 Å². The number of carbonyl (C=O) groups is 2. The first-order valence-corrected chi connectivity index (χ1v) is 7.22. The number of amides is 1. The summed E-state index contributed by atoms with van der Waals surface area (Å²) in [5, 5.41) is 3.26. The van der Waals surface area contributed by atoms with Gasteiger partial charge in [-0.3, -0.25) is 9.59 Å². The third-order valence-corrected chi connectivity index (χ3v) is 3.74. The highest BCUT2D eigenvalue weighted by atomic mass is 16.5. The van der Waals surface area contributed by atoms with Crippen molar-refractivity contribution in [1.82, 2.24) is 10.2 Å². The van der Waals surface area contributed by atoms with E-state index in [4.69, 9.17) is 4.74 Å². The number of likely N-dealkylation sites (N-methyl/N-ethyl adjacent to an activating group) is 1. The van der Waals surface area contributed by atoms with E-state index in [-0.39, 0.29) is 23.8 Å². The highest BCUT2D eigenvalue weighted by Crippen LogP contribution is 2.25. The molecule has 2 atom stereocenters. The Balaban J connectivity index is 2.35. The second-order valence-electron chi connectivity index (χ2n) is 5.10. The van der Waals surface area contributed by atoms with Crippen LogP contribution in [0.5, 0.6) is 0 Å². The molecule has 0 spiro atoms. The minimum atomic E-state index is -0.0917. The molecule has 1 N–H and O–H groups in total. The number of hydrogen-bond acceptors (Lipinski definition) is 4. The number of hydrogen-bond donors (Lipinski definition) is 1. The van der Waals surface area contributed by atoms with Crippen LogP contribution in [-0.4, -0.2) is 49.6 Å². The van der Waals surface area contributed by atoms with Crippen LogP contribution in [-0.2, 0) is 14.3 Å². The van der Waals surface area contributed by atoms with Gasteiger partial charge in [-0.1, -0.05) is 6.42 Å². The maximum Gasteiger partial charge on any atom is 0.308 e. The summed E-state index contributed by atoms with van der Waals surface area (Å²) in [6.07, 6.45) is 3.72. The van der Waals surface area contributed by atoms with Crippen LogP contribution >= 0.6 is 0 Å². The molecule has 1 rings (SSSR count). The van der Waals surface area contributed by atoms with E-state index in [1.165, 1.54) is 0 Å². The van der Waals surface area contributed by atoms with Gasteiger partial charge in [-0.25, -0.2) is 0 Å². The van der Waals surface area contributed by atoms with Crippen molar-refractivity contribution in [2.45, 2.75) is 45.6 Å². The Bertz CT molecular complexity index is 307.